The zero-order chi connectivity index (χ0) is 18.6. The van der Waals surface area contributed by atoms with Crippen molar-refractivity contribution in [1.29, 1.82) is 0 Å². The first-order chi connectivity index (χ1) is 11.7. The van der Waals surface area contributed by atoms with Gasteiger partial charge in [0.1, 0.15) is 17.5 Å². The van der Waals surface area contributed by atoms with Gasteiger partial charge in [-0.25, -0.2) is 9.18 Å². The van der Waals surface area contributed by atoms with Crippen LogP contribution in [0.5, 0.6) is 0 Å². The summed E-state index contributed by atoms with van der Waals surface area (Å²) in [6.07, 6.45) is 1.55. The first-order valence-electron chi connectivity index (χ1n) is 8.38. The van der Waals surface area contributed by atoms with Crippen molar-refractivity contribution in [3.05, 3.63) is 34.1 Å². The molecule has 1 aliphatic heterocycles. The van der Waals surface area contributed by atoms with Crippen LogP contribution >= 0.6 is 15.9 Å². The van der Waals surface area contributed by atoms with E-state index in [1.807, 2.05) is 0 Å². The smallest absolute Gasteiger partial charge is 0.410 e. The lowest BCUT2D eigenvalue weighted by molar-refractivity contribution is -0.125. The second kappa shape index (κ2) is 8.17. The highest BCUT2D eigenvalue weighted by Gasteiger charge is 2.36. The van der Waals surface area contributed by atoms with Gasteiger partial charge in [0, 0.05) is 13.1 Å². The summed E-state index contributed by atoms with van der Waals surface area (Å²) in [5.74, 6) is -0.490. The fourth-order valence-corrected chi connectivity index (χ4v) is 3.15. The van der Waals surface area contributed by atoms with Crippen LogP contribution < -0.4 is 5.32 Å². The molecule has 25 heavy (non-hydrogen) atoms. The van der Waals surface area contributed by atoms with Crippen molar-refractivity contribution in [3.8, 4) is 0 Å². The Morgan fingerprint density at radius 1 is 1.40 bits per heavy atom. The molecule has 2 amide bonds. The Kier molecular flexibility index (Phi) is 6.43. The number of carbonyl (C=O) groups is 2. The van der Waals surface area contributed by atoms with E-state index < -0.39 is 17.7 Å². The number of nitrogens with one attached hydrogen (secondary N) is 1. The second-order valence-corrected chi connectivity index (χ2v) is 7.98. The molecule has 1 aliphatic rings. The minimum atomic E-state index is -0.587. The minimum Gasteiger partial charge on any atom is -0.444 e. The van der Waals surface area contributed by atoms with Crippen LogP contribution in [-0.2, 0) is 16.0 Å². The highest BCUT2D eigenvalue weighted by molar-refractivity contribution is 9.10. The first-order valence-corrected chi connectivity index (χ1v) is 9.18. The van der Waals surface area contributed by atoms with Gasteiger partial charge < -0.3 is 10.1 Å². The van der Waals surface area contributed by atoms with Crippen molar-refractivity contribution in [2.45, 2.75) is 51.7 Å². The molecule has 0 aliphatic carbocycles. The third-order valence-electron chi connectivity index (χ3n) is 3.88. The summed E-state index contributed by atoms with van der Waals surface area (Å²) in [6, 6.07) is 4.29. The average Bonchev–Trinajstić information content (AvgIpc) is 2.99. The minimum absolute atomic E-state index is 0.176. The van der Waals surface area contributed by atoms with E-state index in [4.69, 9.17) is 4.74 Å². The van der Waals surface area contributed by atoms with E-state index in [2.05, 4.69) is 21.2 Å². The Labute approximate surface area is 156 Å². The van der Waals surface area contributed by atoms with Crippen molar-refractivity contribution in [1.82, 2.24) is 10.2 Å². The summed E-state index contributed by atoms with van der Waals surface area (Å²) in [7, 11) is 0. The average molecular weight is 415 g/mol. The molecule has 0 spiro atoms. The molecular formula is C18H24BrFN2O3. The van der Waals surface area contributed by atoms with Gasteiger partial charge in [-0.05, 0) is 73.7 Å². The summed E-state index contributed by atoms with van der Waals surface area (Å²) in [6.45, 7) is 6.36. The Bertz CT molecular complexity index is 646. The lowest BCUT2D eigenvalue weighted by Gasteiger charge is -2.28. The van der Waals surface area contributed by atoms with Gasteiger partial charge in [-0.2, -0.15) is 0 Å². The number of hydrogen-bond donors (Lipinski definition) is 1. The monoisotopic (exact) mass is 414 g/mol. The van der Waals surface area contributed by atoms with Gasteiger partial charge in [0.05, 0.1) is 4.47 Å². The van der Waals surface area contributed by atoms with E-state index in [0.717, 1.165) is 12.0 Å². The third-order valence-corrected chi connectivity index (χ3v) is 4.49. The second-order valence-electron chi connectivity index (χ2n) is 7.12. The zero-order valence-electron chi connectivity index (χ0n) is 14.8. The van der Waals surface area contributed by atoms with Crippen molar-refractivity contribution in [2.24, 2.45) is 0 Å². The number of amides is 2. The van der Waals surface area contributed by atoms with E-state index in [1.54, 1.807) is 32.9 Å². The van der Waals surface area contributed by atoms with Crippen LogP contribution in [0.4, 0.5) is 9.18 Å². The quantitative estimate of drug-likeness (QED) is 0.817. The van der Waals surface area contributed by atoms with Crippen molar-refractivity contribution < 1.29 is 18.7 Å². The van der Waals surface area contributed by atoms with E-state index >= 15 is 0 Å². The van der Waals surface area contributed by atoms with Gasteiger partial charge in [0.2, 0.25) is 5.91 Å². The van der Waals surface area contributed by atoms with Crippen LogP contribution in [-0.4, -0.2) is 41.6 Å². The largest absolute Gasteiger partial charge is 0.444 e. The highest BCUT2D eigenvalue weighted by Crippen LogP contribution is 2.21. The van der Waals surface area contributed by atoms with Gasteiger partial charge >= 0.3 is 6.09 Å². The molecule has 1 saturated heterocycles. The Morgan fingerprint density at radius 2 is 2.12 bits per heavy atom. The van der Waals surface area contributed by atoms with Gasteiger partial charge in [-0.3, -0.25) is 9.69 Å². The molecule has 0 radical (unpaired) electrons. The molecule has 0 aromatic heterocycles. The maximum Gasteiger partial charge on any atom is 0.410 e. The third kappa shape index (κ3) is 5.70. The highest BCUT2D eigenvalue weighted by atomic mass is 79.9. The lowest BCUT2D eigenvalue weighted by atomic mass is 10.1. The molecule has 1 N–H and O–H groups in total. The number of hydrogen-bond acceptors (Lipinski definition) is 3. The SMILES string of the molecule is CC(C)(C)OC(=O)N1CCCC1C(=O)NCCc1ccc(F)c(Br)c1. The summed E-state index contributed by atoms with van der Waals surface area (Å²) in [5.41, 5.74) is 0.334. The number of likely N-dealkylation sites (tertiary alicyclic amines) is 1. The molecule has 2 rings (SSSR count). The Morgan fingerprint density at radius 3 is 2.76 bits per heavy atom. The van der Waals surface area contributed by atoms with E-state index in [9.17, 15) is 14.0 Å². The fourth-order valence-electron chi connectivity index (χ4n) is 2.72. The van der Waals surface area contributed by atoms with Crippen molar-refractivity contribution in [2.75, 3.05) is 13.1 Å². The Balaban J connectivity index is 1.86. The molecule has 5 nitrogen and oxygen atoms in total. The maximum absolute atomic E-state index is 13.2. The van der Waals surface area contributed by atoms with Crippen LogP contribution in [0.1, 0.15) is 39.2 Å². The number of carbonyl (C=O) groups excluding carboxylic acids is 2. The molecule has 1 aromatic carbocycles. The zero-order valence-corrected chi connectivity index (χ0v) is 16.4. The summed E-state index contributed by atoms with van der Waals surface area (Å²) in [4.78, 5) is 26.1. The number of rotatable bonds is 4. The number of halogens is 2. The van der Waals surface area contributed by atoms with Gasteiger partial charge in [-0.1, -0.05) is 6.07 Å². The van der Waals surface area contributed by atoms with Gasteiger partial charge in [0.25, 0.3) is 0 Å². The van der Waals surface area contributed by atoms with Crippen molar-refractivity contribution >= 4 is 27.9 Å². The number of benzene rings is 1. The molecule has 0 saturated carbocycles. The predicted molar refractivity (Wildman–Crippen MR) is 96.8 cm³/mol. The van der Waals surface area contributed by atoms with E-state index in [-0.39, 0.29) is 11.7 Å². The molecule has 0 bridgehead atoms. The van der Waals surface area contributed by atoms with E-state index in [0.29, 0.717) is 30.4 Å². The van der Waals surface area contributed by atoms with E-state index in [1.165, 1.54) is 11.0 Å². The predicted octanol–water partition coefficient (Wildman–Crippen LogP) is 3.65. The van der Waals surface area contributed by atoms with Crippen LogP contribution in [0, 0.1) is 5.82 Å². The van der Waals surface area contributed by atoms with Crippen LogP contribution in [0.3, 0.4) is 0 Å². The summed E-state index contributed by atoms with van der Waals surface area (Å²) < 4.78 is 19.0. The number of nitrogens with zero attached hydrogens (tertiary/aromatic N) is 1. The van der Waals surface area contributed by atoms with Gasteiger partial charge in [-0.15, -0.1) is 0 Å². The van der Waals surface area contributed by atoms with Gasteiger partial charge in [0.15, 0.2) is 0 Å². The molecule has 1 fully saturated rings. The molecule has 7 heteroatoms. The number of ether oxygens (including phenoxy) is 1. The molecule has 138 valence electrons. The van der Waals surface area contributed by atoms with Crippen LogP contribution in [0.15, 0.2) is 22.7 Å². The molecule has 1 unspecified atom stereocenters. The summed E-state index contributed by atoms with van der Waals surface area (Å²) >= 11 is 3.15. The van der Waals surface area contributed by atoms with Crippen LogP contribution in [0.2, 0.25) is 0 Å². The Hall–Kier alpha value is -1.63. The normalized spacial score (nSPS) is 17.5. The first kappa shape index (κ1) is 19.7. The van der Waals surface area contributed by atoms with Crippen molar-refractivity contribution in [3.63, 3.8) is 0 Å². The topological polar surface area (TPSA) is 58.6 Å². The molecular weight excluding hydrogens is 391 g/mol. The molecule has 1 aromatic rings. The standard InChI is InChI=1S/C18H24BrFN2O3/c1-18(2,3)25-17(24)22-10-4-5-15(22)16(23)21-9-8-12-6-7-14(20)13(19)11-12/h6-7,11,15H,4-5,8-10H2,1-3H3,(H,21,23). The van der Waals surface area contributed by atoms with Crippen LogP contribution in [0.25, 0.3) is 0 Å². The maximum atomic E-state index is 13.2. The molecule has 1 heterocycles. The lowest BCUT2D eigenvalue weighted by Crippen LogP contribution is -2.47. The fraction of sp³-hybridized carbons (Fsp3) is 0.556. The summed E-state index contributed by atoms with van der Waals surface area (Å²) in [5, 5.41) is 2.86. The molecule has 1 atom stereocenters.